The Labute approximate surface area is 146 Å². The van der Waals surface area contributed by atoms with Crippen LogP contribution in [0.3, 0.4) is 0 Å². The van der Waals surface area contributed by atoms with E-state index in [4.69, 9.17) is 38.4 Å². The van der Waals surface area contributed by atoms with E-state index in [1.807, 2.05) is 0 Å². The van der Waals surface area contributed by atoms with E-state index >= 15 is 0 Å². The Bertz CT molecular complexity index is 584. The van der Waals surface area contributed by atoms with E-state index in [1.54, 1.807) is 39.0 Å². The van der Waals surface area contributed by atoms with E-state index < -0.39 is 29.5 Å². The summed E-state index contributed by atoms with van der Waals surface area (Å²) in [6, 6.07) is 3.83. The average molecular weight is 362 g/mol. The molecule has 0 aliphatic heterocycles. The van der Waals surface area contributed by atoms with Crippen LogP contribution in [0.15, 0.2) is 18.2 Å². The lowest BCUT2D eigenvalue weighted by atomic mass is 9.92. The Hall–Kier alpha value is -1.30. The van der Waals surface area contributed by atoms with Crippen molar-refractivity contribution >= 4 is 35.1 Å². The lowest BCUT2D eigenvalue weighted by Crippen LogP contribution is -2.39. The average Bonchev–Trinajstić information content (AvgIpc) is 2.45. The highest BCUT2D eigenvalue weighted by atomic mass is 35.5. The zero-order valence-electron chi connectivity index (χ0n) is 13.6. The summed E-state index contributed by atoms with van der Waals surface area (Å²) in [4.78, 5) is 24.1. The van der Waals surface area contributed by atoms with Crippen molar-refractivity contribution in [3.8, 4) is 0 Å². The first-order chi connectivity index (χ1) is 10.5. The molecule has 0 fully saturated rings. The van der Waals surface area contributed by atoms with Gasteiger partial charge in [-0.25, -0.2) is 0 Å². The highest BCUT2D eigenvalue weighted by molar-refractivity contribution is 6.42. The van der Waals surface area contributed by atoms with Gasteiger partial charge < -0.3 is 15.2 Å². The van der Waals surface area contributed by atoms with Crippen LogP contribution < -0.4 is 5.73 Å². The molecule has 0 radical (unpaired) electrons. The number of methoxy groups -OCH3 is 1. The van der Waals surface area contributed by atoms with E-state index in [2.05, 4.69) is 0 Å². The molecule has 2 atom stereocenters. The second-order valence-electron chi connectivity index (χ2n) is 6.12. The van der Waals surface area contributed by atoms with Crippen LogP contribution >= 0.6 is 23.2 Å². The zero-order chi connectivity index (χ0) is 17.8. The van der Waals surface area contributed by atoms with Crippen LogP contribution in [0.1, 0.15) is 38.7 Å². The van der Waals surface area contributed by atoms with Gasteiger partial charge in [-0.1, -0.05) is 29.3 Å². The van der Waals surface area contributed by atoms with Crippen molar-refractivity contribution in [3.63, 3.8) is 0 Å². The second-order valence-corrected chi connectivity index (χ2v) is 6.94. The first-order valence-corrected chi connectivity index (χ1v) is 7.82. The standard InChI is InChI=1S/C16H21Cl2NO4/c1-16(2,3)23-15(21)13(19)8-10(14(20)22-4)9-5-6-11(17)12(18)7-9/h5-7,10,13H,8,19H2,1-4H3. The Morgan fingerprint density at radius 1 is 1.17 bits per heavy atom. The lowest BCUT2D eigenvalue weighted by Gasteiger charge is -2.24. The van der Waals surface area contributed by atoms with Crippen molar-refractivity contribution in [2.75, 3.05) is 7.11 Å². The van der Waals surface area contributed by atoms with Crippen molar-refractivity contribution in [3.05, 3.63) is 33.8 Å². The molecule has 0 aliphatic rings. The molecule has 0 saturated heterocycles. The number of carbonyl (C=O) groups is 2. The topological polar surface area (TPSA) is 78.6 Å². The largest absolute Gasteiger partial charge is 0.469 e. The fourth-order valence-electron chi connectivity index (χ4n) is 1.97. The highest BCUT2D eigenvalue weighted by Crippen LogP contribution is 2.29. The van der Waals surface area contributed by atoms with Gasteiger partial charge in [0.05, 0.1) is 23.1 Å². The predicted octanol–water partition coefficient (Wildman–Crippen LogP) is 3.31. The molecule has 0 aliphatic carbocycles. The number of carbonyl (C=O) groups excluding carboxylic acids is 2. The number of ether oxygens (including phenoxy) is 2. The maximum absolute atomic E-state index is 12.0. The summed E-state index contributed by atoms with van der Waals surface area (Å²) >= 11 is 11.9. The summed E-state index contributed by atoms with van der Waals surface area (Å²) in [6.07, 6.45) is 0.0412. The molecule has 2 unspecified atom stereocenters. The van der Waals surface area contributed by atoms with Gasteiger partial charge in [0.15, 0.2) is 0 Å². The molecule has 23 heavy (non-hydrogen) atoms. The van der Waals surface area contributed by atoms with Crippen LogP contribution in [-0.4, -0.2) is 30.7 Å². The second kappa shape index (κ2) is 7.99. The van der Waals surface area contributed by atoms with Gasteiger partial charge in [-0.05, 0) is 44.9 Å². The Kier molecular flexibility index (Phi) is 6.86. The number of hydrogen-bond donors (Lipinski definition) is 1. The van der Waals surface area contributed by atoms with Gasteiger partial charge in [0, 0.05) is 0 Å². The van der Waals surface area contributed by atoms with Crippen LogP contribution in [0, 0.1) is 0 Å². The van der Waals surface area contributed by atoms with E-state index in [0.717, 1.165) is 0 Å². The molecule has 1 aromatic carbocycles. The van der Waals surface area contributed by atoms with Gasteiger partial charge in [0.25, 0.3) is 0 Å². The highest BCUT2D eigenvalue weighted by Gasteiger charge is 2.30. The zero-order valence-corrected chi connectivity index (χ0v) is 15.1. The fraction of sp³-hybridized carbons (Fsp3) is 0.500. The van der Waals surface area contributed by atoms with Crippen LogP contribution in [-0.2, 0) is 19.1 Å². The summed E-state index contributed by atoms with van der Waals surface area (Å²) in [5.74, 6) is -1.83. The summed E-state index contributed by atoms with van der Waals surface area (Å²) < 4.78 is 10.0. The first-order valence-electron chi connectivity index (χ1n) is 7.06. The maximum atomic E-state index is 12.0. The van der Waals surface area contributed by atoms with Crippen LogP contribution in [0.25, 0.3) is 0 Å². The summed E-state index contributed by atoms with van der Waals surface area (Å²) in [5, 5.41) is 0.680. The smallest absolute Gasteiger partial charge is 0.323 e. The number of rotatable bonds is 5. The van der Waals surface area contributed by atoms with Crippen LogP contribution in [0.5, 0.6) is 0 Å². The lowest BCUT2D eigenvalue weighted by molar-refractivity contribution is -0.157. The van der Waals surface area contributed by atoms with Gasteiger partial charge in [0.2, 0.25) is 0 Å². The molecule has 5 nitrogen and oxygen atoms in total. The monoisotopic (exact) mass is 361 g/mol. The summed E-state index contributed by atoms with van der Waals surface area (Å²) in [5.41, 5.74) is 5.80. The molecule has 2 N–H and O–H groups in total. The Morgan fingerprint density at radius 2 is 1.78 bits per heavy atom. The number of esters is 2. The van der Waals surface area contributed by atoms with Gasteiger partial charge in [-0.15, -0.1) is 0 Å². The van der Waals surface area contributed by atoms with Crippen LogP contribution in [0.4, 0.5) is 0 Å². The van der Waals surface area contributed by atoms with Gasteiger partial charge in [0.1, 0.15) is 11.6 Å². The SMILES string of the molecule is COC(=O)C(CC(N)C(=O)OC(C)(C)C)c1ccc(Cl)c(Cl)c1. The van der Waals surface area contributed by atoms with Gasteiger partial charge >= 0.3 is 11.9 Å². The van der Waals surface area contributed by atoms with E-state index in [0.29, 0.717) is 15.6 Å². The quantitative estimate of drug-likeness (QED) is 0.813. The van der Waals surface area contributed by atoms with E-state index in [1.165, 1.54) is 7.11 Å². The molecule has 0 saturated carbocycles. The minimum Gasteiger partial charge on any atom is -0.469 e. The molecular formula is C16H21Cl2NO4. The number of benzene rings is 1. The van der Waals surface area contributed by atoms with Crippen molar-refractivity contribution < 1.29 is 19.1 Å². The van der Waals surface area contributed by atoms with Gasteiger partial charge in [-0.2, -0.15) is 0 Å². The molecule has 128 valence electrons. The number of hydrogen-bond acceptors (Lipinski definition) is 5. The fourth-order valence-corrected chi connectivity index (χ4v) is 2.27. The molecule has 1 aromatic rings. The first kappa shape index (κ1) is 19.7. The Morgan fingerprint density at radius 3 is 2.26 bits per heavy atom. The third-order valence-corrected chi connectivity index (χ3v) is 3.77. The third kappa shape index (κ3) is 6.01. The summed E-state index contributed by atoms with van der Waals surface area (Å²) in [6.45, 7) is 5.23. The third-order valence-electron chi connectivity index (χ3n) is 3.03. The molecule has 0 spiro atoms. The molecule has 0 heterocycles. The Balaban J connectivity index is 2.97. The molecule has 7 heteroatoms. The number of nitrogens with two attached hydrogens (primary N) is 1. The number of halogens is 2. The van der Waals surface area contributed by atoms with E-state index in [9.17, 15) is 9.59 Å². The molecule has 0 amide bonds. The molecule has 1 rings (SSSR count). The van der Waals surface area contributed by atoms with Crippen molar-refractivity contribution in [2.45, 2.75) is 44.8 Å². The normalized spacial score (nSPS) is 14.0. The van der Waals surface area contributed by atoms with Crippen LogP contribution in [0.2, 0.25) is 10.0 Å². The predicted molar refractivity (Wildman–Crippen MR) is 89.7 cm³/mol. The molecular weight excluding hydrogens is 341 g/mol. The molecule has 0 bridgehead atoms. The molecule has 0 aromatic heterocycles. The van der Waals surface area contributed by atoms with Crippen molar-refractivity contribution in [2.24, 2.45) is 5.73 Å². The van der Waals surface area contributed by atoms with Gasteiger partial charge in [-0.3, -0.25) is 9.59 Å². The maximum Gasteiger partial charge on any atom is 0.323 e. The van der Waals surface area contributed by atoms with Crippen molar-refractivity contribution in [1.29, 1.82) is 0 Å². The summed E-state index contributed by atoms with van der Waals surface area (Å²) in [7, 11) is 1.27. The van der Waals surface area contributed by atoms with E-state index in [-0.39, 0.29) is 6.42 Å². The minimum atomic E-state index is -0.965. The minimum absolute atomic E-state index is 0.0412. The van der Waals surface area contributed by atoms with Crippen molar-refractivity contribution in [1.82, 2.24) is 0 Å².